The molecule has 1 aliphatic heterocycles. The fourth-order valence-electron chi connectivity index (χ4n) is 6.00. The second-order valence-electron chi connectivity index (χ2n) is 9.00. The molecule has 0 radical (unpaired) electrons. The summed E-state index contributed by atoms with van der Waals surface area (Å²) in [7, 11) is 1.55. The molecule has 5 aliphatic rings. The molecule has 0 atom stereocenters. The van der Waals surface area contributed by atoms with Crippen molar-refractivity contribution in [3.05, 3.63) is 23.8 Å². The van der Waals surface area contributed by atoms with Gasteiger partial charge >= 0.3 is 5.97 Å². The summed E-state index contributed by atoms with van der Waals surface area (Å²) in [6.07, 6.45) is 8.30. The first-order chi connectivity index (χ1) is 14.5. The topological polar surface area (TPSA) is 68.2 Å². The fourth-order valence-corrected chi connectivity index (χ4v) is 6.97. The highest BCUT2D eigenvalue weighted by Crippen LogP contribution is 2.60. The maximum atomic E-state index is 13.2. The number of thioether (sulfide) groups is 1. The largest absolute Gasteiger partial charge is 0.493 e. The third kappa shape index (κ3) is 3.54. The zero-order valence-electron chi connectivity index (χ0n) is 16.8. The van der Waals surface area contributed by atoms with E-state index in [1.54, 1.807) is 31.5 Å². The van der Waals surface area contributed by atoms with Crippen LogP contribution in [0.2, 0.25) is 0 Å². The molecule has 8 heteroatoms. The molecule has 5 fully saturated rings. The number of thiocarbonyl (C=S) groups is 1. The minimum atomic E-state index is -0.316. The zero-order valence-corrected chi connectivity index (χ0v) is 18.5. The number of benzene rings is 1. The minimum Gasteiger partial charge on any atom is -0.493 e. The third-order valence-electron chi connectivity index (χ3n) is 6.91. The zero-order chi connectivity index (χ0) is 20.9. The van der Waals surface area contributed by atoms with Gasteiger partial charge in [0.2, 0.25) is 0 Å². The van der Waals surface area contributed by atoms with Crippen LogP contribution < -0.4 is 9.47 Å². The van der Waals surface area contributed by atoms with Gasteiger partial charge in [-0.15, -0.1) is 0 Å². The molecule has 1 saturated heterocycles. The average molecular weight is 445 g/mol. The highest BCUT2D eigenvalue weighted by molar-refractivity contribution is 8.23. The van der Waals surface area contributed by atoms with Crippen LogP contribution >= 0.6 is 24.0 Å². The van der Waals surface area contributed by atoms with Crippen LogP contribution in [0.5, 0.6) is 11.5 Å². The Kier molecular flexibility index (Phi) is 5.09. The molecule has 0 N–H and O–H groups in total. The maximum absolute atomic E-state index is 13.2. The van der Waals surface area contributed by atoms with Gasteiger partial charge in [-0.2, -0.15) is 10.1 Å². The van der Waals surface area contributed by atoms with Crippen LogP contribution in [0.4, 0.5) is 0 Å². The molecule has 1 amide bonds. The van der Waals surface area contributed by atoms with E-state index in [0.717, 1.165) is 24.8 Å². The number of amides is 1. The quantitative estimate of drug-likeness (QED) is 0.296. The lowest BCUT2D eigenvalue weighted by Crippen LogP contribution is -2.51. The second-order valence-corrected chi connectivity index (χ2v) is 10.6. The number of methoxy groups -OCH3 is 1. The first-order valence-electron chi connectivity index (χ1n) is 10.4. The monoisotopic (exact) mass is 444 g/mol. The van der Waals surface area contributed by atoms with Crippen molar-refractivity contribution < 1.29 is 19.1 Å². The molecular formula is C22H24N2O4S2. The lowest BCUT2D eigenvalue weighted by Gasteiger charge is -2.55. The molecule has 4 aliphatic carbocycles. The van der Waals surface area contributed by atoms with Crippen LogP contribution in [0.25, 0.3) is 0 Å². The number of ether oxygens (including phenoxy) is 2. The highest BCUT2D eigenvalue weighted by atomic mass is 32.2. The summed E-state index contributed by atoms with van der Waals surface area (Å²) in [4.78, 5) is 25.0. The Labute approximate surface area is 185 Å². The molecule has 1 aromatic carbocycles. The van der Waals surface area contributed by atoms with Crippen molar-refractivity contribution in [3.63, 3.8) is 0 Å². The maximum Gasteiger partial charge on any atom is 0.317 e. The number of rotatable bonds is 5. The van der Waals surface area contributed by atoms with Gasteiger partial charge in [0.15, 0.2) is 15.8 Å². The van der Waals surface area contributed by atoms with E-state index < -0.39 is 0 Å². The number of carbonyl (C=O) groups excluding carboxylic acids is 2. The predicted octanol–water partition coefficient (Wildman–Crippen LogP) is 4.01. The number of hydrogen-bond acceptors (Lipinski definition) is 7. The Bertz CT molecular complexity index is 894. The van der Waals surface area contributed by atoms with Gasteiger partial charge in [0.25, 0.3) is 5.91 Å². The van der Waals surface area contributed by atoms with E-state index in [1.807, 2.05) is 0 Å². The molecule has 1 heterocycles. The van der Waals surface area contributed by atoms with Gasteiger partial charge in [-0.1, -0.05) is 24.0 Å². The van der Waals surface area contributed by atoms with Crippen molar-refractivity contribution in [3.8, 4) is 11.5 Å². The van der Waals surface area contributed by atoms with E-state index in [2.05, 4.69) is 5.10 Å². The van der Waals surface area contributed by atoms with E-state index in [0.29, 0.717) is 39.3 Å². The Morgan fingerprint density at radius 3 is 2.43 bits per heavy atom. The molecule has 6 nitrogen and oxygen atoms in total. The molecule has 0 unspecified atom stereocenters. The summed E-state index contributed by atoms with van der Waals surface area (Å²) in [5, 5.41) is 5.41. The highest BCUT2D eigenvalue weighted by Gasteiger charge is 2.55. The van der Waals surface area contributed by atoms with Gasteiger partial charge in [-0.05, 0) is 80.0 Å². The summed E-state index contributed by atoms with van der Waals surface area (Å²) in [6.45, 7) is 0. The molecule has 1 aromatic rings. The van der Waals surface area contributed by atoms with Crippen LogP contribution in [-0.2, 0) is 9.59 Å². The third-order valence-corrected chi connectivity index (χ3v) is 8.25. The molecule has 4 bridgehead atoms. The predicted molar refractivity (Wildman–Crippen MR) is 119 cm³/mol. The van der Waals surface area contributed by atoms with E-state index in [9.17, 15) is 9.59 Å². The Hall–Kier alpha value is -1.93. The Balaban J connectivity index is 1.32. The summed E-state index contributed by atoms with van der Waals surface area (Å²) in [5.41, 5.74) is 0.414. The van der Waals surface area contributed by atoms with Crippen molar-refractivity contribution in [1.82, 2.24) is 5.01 Å². The smallest absolute Gasteiger partial charge is 0.317 e. The normalized spacial score (nSPS) is 32.3. The molecule has 6 rings (SSSR count). The van der Waals surface area contributed by atoms with Gasteiger partial charge in [0, 0.05) is 0 Å². The van der Waals surface area contributed by atoms with Crippen molar-refractivity contribution in [1.29, 1.82) is 0 Å². The molecule has 30 heavy (non-hydrogen) atoms. The minimum absolute atomic E-state index is 0.105. The van der Waals surface area contributed by atoms with Crippen LogP contribution in [-0.4, -0.2) is 40.3 Å². The molecule has 4 saturated carbocycles. The lowest BCUT2D eigenvalue weighted by atomic mass is 9.49. The molecule has 0 spiro atoms. The molecular weight excluding hydrogens is 420 g/mol. The van der Waals surface area contributed by atoms with Gasteiger partial charge in [-0.3, -0.25) is 9.59 Å². The Morgan fingerprint density at radius 2 is 1.87 bits per heavy atom. The van der Waals surface area contributed by atoms with Crippen LogP contribution in [0.1, 0.15) is 44.1 Å². The number of nitrogens with zero attached hydrogens (tertiary/aromatic N) is 2. The number of carbonyl (C=O) groups is 2. The van der Waals surface area contributed by atoms with E-state index >= 15 is 0 Å². The van der Waals surface area contributed by atoms with Gasteiger partial charge < -0.3 is 9.47 Å². The van der Waals surface area contributed by atoms with E-state index in [-0.39, 0.29) is 17.3 Å². The second kappa shape index (κ2) is 7.64. The van der Waals surface area contributed by atoms with Crippen LogP contribution in [0.15, 0.2) is 23.3 Å². The number of hydrazone groups is 1. The SMILES string of the molecule is COc1cc(C=NN2C(=O)CSC2=S)ccc1OC(=O)C12CC3CC(CC(C3)C1)C2. The summed E-state index contributed by atoms with van der Waals surface area (Å²) >= 11 is 6.43. The summed E-state index contributed by atoms with van der Waals surface area (Å²) in [6, 6.07) is 5.28. The van der Waals surface area contributed by atoms with E-state index in [1.165, 1.54) is 36.0 Å². The fraction of sp³-hybridized carbons (Fsp3) is 0.545. The average Bonchev–Trinajstić information content (AvgIpc) is 3.03. The number of esters is 1. The Morgan fingerprint density at radius 1 is 1.20 bits per heavy atom. The summed E-state index contributed by atoms with van der Waals surface area (Å²) < 4.78 is 11.8. The number of hydrogen-bond donors (Lipinski definition) is 0. The van der Waals surface area contributed by atoms with Crippen molar-refractivity contribution in [2.24, 2.45) is 28.3 Å². The summed E-state index contributed by atoms with van der Waals surface area (Å²) in [5.74, 6) is 3.03. The van der Waals surface area contributed by atoms with Crippen molar-refractivity contribution >= 4 is 46.4 Å². The van der Waals surface area contributed by atoms with Crippen molar-refractivity contribution in [2.45, 2.75) is 38.5 Å². The van der Waals surface area contributed by atoms with Crippen molar-refractivity contribution in [2.75, 3.05) is 12.9 Å². The lowest BCUT2D eigenvalue weighted by molar-refractivity contribution is -0.161. The molecule has 0 aromatic heterocycles. The van der Waals surface area contributed by atoms with Crippen LogP contribution in [0.3, 0.4) is 0 Å². The standard InChI is InChI=1S/C22H24N2O4S2/c1-27-18-7-13(11-23-24-19(25)12-30-21(24)29)2-3-17(18)28-20(26)22-8-14-4-15(9-22)6-16(5-14)10-22/h2-3,7,11,14-16H,4-6,8-10,12H2,1H3. The van der Waals surface area contributed by atoms with Crippen LogP contribution in [0, 0.1) is 23.2 Å². The van der Waals surface area contributed by atoms with Gasteiger partial charge in [0.1, 0.15) is 0 Å². The first kappa shape index (κ1) is 20.0. The van der Waals surface area contributed by atoms with Gasteiger partial charge in [0.05, 0.1) is 24.5 Å². The van der Waals surface area contributed by atoms with E-state index in [4.69, 9.17) is 21.7 Å². The molecule has 158 valence electrons. The first-order valence-corrected chi connectivity index (χ1v) is 11.8. The van der Waals surface area contributed by atoms with Gasteiger partial charge in [-0.25, -0.2) is 0 Å².